The summed E-state index contributed by atoms with van der Waals surface area (Å²) in [5.41, 5.74) is 2.43. The molecule has 0 saturated heterocycles. The van der Waals surface area contributed by atoms with Crippen molar-refractivity contribution in [1.82, 2.24) is 5.32 Å². The molecule has 2 rings (SSSR count). The summed E-state index contributed by atoms with van der Waals surface area (Å²) >= 11 is 7.80. The van der Waals surface area contributed by atoms with Crippen molar-refractivity contribution < 1.29 is 0 Å². The molecule has 0 amide bonds. The van der Waals surface area contributed by atoms with E-state index in [2.05, 4.69) is 41.9 Å². The van der Waals surface area contributed by atoms with E-state index < -0.39 is 0 Å². The lowest BCUT2D eigenvalue weighted by molar-refractivity contribution is 0.691. The zero-order chi connectivity index (χ0) is 13.0. The second-order valence-corrected chi connectivity index (χ2v) is 5.37. The lowest BCUT2D eigenvalue weighted by atomic mass is 9.99. The van der Waals surface area contributed by atoms with Gasteiger partial charge in [0.25, 0.3) is 0 Å². The Labute approximate surface area is 118 Å². The molecule has 0 aliphatic rings. The SMILES string of the molecule is CNC(c1ccc(SC)cc1)c1cccc(Cl)c1. The van der Waals surface area contributed by atoms with Gasteiger partial charge in [-0.1, -0.05) is 35.9 Å². The Bertz CT molecular complexity index is 510. The van der Waals surface area contributed by atoms with Crippen molar-refractivity contribution in [2.45, 2.75) is 10.9 Å². The lowest BCUT2D eigenvalue weighted by Crippen LogP contribution is -2.17. The summed E-state index contributed by atoms with van der Waals surface area (Å²) in [6.07, 6.45) is 2.08. The summed E-state index contributed by atoms with van der Waals surface area (Å²) in [6.45, 7) is 0. The third-order valence-electron chi connectivity index (χ3n) is 2.92. The van der Waals surface area contributed by atoms with Crippen LogP contribution in [0.3, 0.4) is 0 Å². The van der Waals surface area contributed by atoms with E-state index in [1.807, 2.05) is 25.2 Å². The normalized spacial score (nSPS) is 12.4. The third kappa shape index (κ3) is 3.08. The fraction of sp³-hybridized carbons (Fsp3) is 0.200. The number of thioether (sulfide) groups is 1. The molecule has 0 aromatic heterocycles. The number of nitrogens with one attached hydrogen (secondary N) is 1. The molecule has 18 heavy (non-hydrogen) atoms. The number of halogens is 1. The van der Waals surface area contributed by atoms with Crippen molar-refractivity contribution in [3.05, 3.63) is 64.7 Å². The maximum absolute atomic E-state index is 6.05. The summed E-state index contributed by atoms with van der Waals surface area (Å²) in [4.78, 5) is 1.28. The second-order valence-electron chi connectivity index (χ2n) is 4.05. The molecule has 0 bridgehead atoms. The number of rotatable bonds is 4. The van der Waals surface area contributed by atoms with Crippen LogP contribution >= 0.6 is 23.4 Å². The first-order valence-corrected chi connectivity index (χ1v) is 7.41. The van der Waals surface area contributed by atoms with Gasteiger partial charge in [0.15, 0.2) is 0 Å². The van der Waals surface area contributed by atoms with Crippen LogP contribution in [0.15, 0.2) is 53.4 Å². The number of benzene rings is 2. The van der Waals surface area contributed by atoms with Gasteiger partial charge in [-0.25, -0.2) is 0 Å². The van der Waals surface area contributed by atoms with Gasteiger partial charge in [0.1, 0.15) is 0 Å². The first kappa shape index (κ1) is 13.5. The van der Waals surface area contributed by atoms with E-state index in [1.54, 1.807) is 11.8 Å². The first-order chi connectivity index (χ1) is 8.74. The summed E-state index contributed by atoms with van der Waals surface area (Å²) in [5, 5.41) is 4.11. The summed E-state index contributed by atoms with van der Waals surface area (Å²) in [5.74, 6) is 0. The molecule has 2 aromatic rings. The van der Waals surface area contributed by atoms with E-state index in [4.69, 9.17) is 11.6 Å². The highest BCUT2D eigenvalue weighted by Crippen LogP contribution is 2.25. The van der Waals surface area contributed by atoms with Crippen LogP contribution in [0.1, 0.15) is 17.2 Å². The minimum Gasteiger partial charge on any atom is -0.309 e. The molecule has 94 valence electrons. The lowest BCUT2D eigenvalue weighted by Gasteiger charge is -2.17. The van der Waals surface area contributed by atoms with E-state index in [0.29, 0.717) is 0 Å². The van der Waals surface area contributed by atoms with E-state index >= 15 is 0 Å². The molecule has 3 heteroatoms. The van der Waals surface area contributed by atoms with Crippen LogP contribution in [-0.4, -0.2) is 13.3 Å². The summed E-state index contributed by atoms with van der Waals surface area (Å²) in [6, 6.07) is 16.8. The summed E-state index contributed by atoms with van der Waals surface area (Å²) < 4.78 is 0. The van der Waals surface area contributed by atoms with E-state index in [9.17, 15) is 0 Å². The Balaban J connectivity index is 2.32. The topological polar surface area (TPSA) is 12.0 Å². The van der Waals surface area contributed by atoms with Crippen LogP contribution in [0.25, 0.3) is 0 Å². The van der Waals surface area contributed by atoms with E-state index in [1.165, 1.54) is 16.0 Å². The molecular formula is C15H16ClNS. The molecule has 0 aliphatic carbocycles. The van der Waals surface area contributed by atoms with Gasteiger partial charge in [-0.05, 0) is 48.7 Å². The Hall–Kier alpha value is -0.960. The molecular weight excluding hydrogens is 262 g/mol. The van der Waals surface area contributed by atoms with E-state index in [-0.39, 0.29) is 6.04 Å². The molecule has 1 atom stereocenters. The average Bonchev–Trinajstić information content (AvgIpc) is 2.40. The highest BCUT2D eigenvalue weighted by molar-refractivity contribution is 7.98. The minimum atomic E-state index is 0.180. The van der Waals surface area contributed by atoms with Gasteiger partial charge in [-0.2, -0.15) is 0 Å². The zero-order valence-corrected chi connectivity index (χ0v) is 12.1. The highest BCUT2D eigenvalue weighted by Gasteiger charge is 2.11. The van der Waals surface area contributed by atoms with Crippen LogP contribution in [0.2, 0.25) is 5.02 Å². The van der Waals surface area contributed by atoms with Gasteiger partial charge in [-0.15, -0.1) is 11.8 Å². The molecule has 0 fully saturated rings. The van der Waals surface area contributed by atoms with Gasteiger partial charge in [0.05, 0.1) is 6.04 Å². The van der Waals surface area contributed by atoms with Crippen molar-refractivity contribution in [3.63, 3.8) is 0 Å². The Morgan fingerprint density at radius 3 is 2.33 bits per heavy atom. The summed E-state index contributed by atoms with van der Waals surface area (Å²) in [7, 11) is 1.97. The van der Waals surface area contributed by atoms with Crippen LogP contribution < -0.4 is 5.32 Å². The minimum absolute atomic E-state index is 0.180. The molecule has 0 aliphatic heterocycles. The molecule has 1 N–H and O–H groups in total. The number of hydrogen-bond acceptors (Lipinski definition) is 2. The molecule has 0 radical (unpaired) electrons. The maximum atomic E-state index is 6.05. The van der Waals surface area contributed by atoms with Gasteiger partial charge in [0, 0.05) is 9.92 Å². The molecule has 0 heterocycles. The Morgan fingerprint density at radius 2 is 1.78 bits per heavy atom. The third-order valence-corrected chi connectivity index (χ3v) is 3.90. The smallest absolute Gasteiger partial charge is 0.0574 e. The van der Waals surface area contributed by atoms with Gasteiger partial charge >= 0.3 is 0 Å². The Kier molecular flexibility index (Phi) is 4.70. The van der Waals surface area contributed by atoms with Crippen molar-refractivity contribution >= 4 is 23.4 Å². The second kappa shape index (κ2) is 6.28. The first-order valence-electron chi connectivity index (χ1n) is 5.81. The molecule has 2 aromatic carbocycles. The van der Waals surface area contributed by atoms with Gasteiger partial charge in [-0.3, -0.25) is 0 Å². The largest absolute Gasteiger partial charge is 0.309 e. The van der Waals surface area contributed by atoms with Crippen LogP contribution in [0.5, 0.6) is 0 Å². The van der Waals surface area contributed by atoms with Crippen LogP contribution in [-0.2, 0) is 0 Å². The quantitative estimate of drug-likeness (QED) is 0.833. The van der Waals surface area contributed by atoms with Gasteiger partial charge in [0.2, 0.25) is 0 Å². The van der Waals surface area contributed by atoms with Crippen LogP contribution in [0, 0.1) is 0 Å². The van der Waals surface area contributed by atoms with Crippen molar-refractivity contribution in [2.75, 3.05) is 13.3 Å². The molecule has 0 spiro atoms. The maximum Gasteiger partial charge on any atom is 0.0574 e. The fourth-order valence-corrected chi connectivity index (χ4v) is 2.62. The van der Waals surface area contributed by atoms with Crippen molar-refractivity contribution in [2.24, 2.45) is 0 Å². The zero-order valence-electron chi connectivity index (χ0n) is 10.5. The monoisotopic (exact) mass is 277 g/mol. The van der Waals surface area contributed by atoms with Crippen molar-refractivity contribution in [1.29, 1.82) is 0 Å². The van der Waals surface area contributed by atoms with Gasteiger partial charge < -0.3 is 5.32 Å². The molecule has 1 nitrogen and oxygen atoms in total. The van der Waals surface area contributed by atoms with Crippen molar-refractivity contribution in [3.8, 4) is 0 Å². The predicted molar refractivity (Wildman–Crippen MR) is 80.6 cm³/mol. The fourth-order valence-electron chi connectivity index (χ4n) is 2.01. The average molecular weight is 278 g/mol. The van der Waals surface area contributed by atoms with Crippen LogP contribution in [0.4, 0.5) is 0 Å². The highest BCUT2D eigenvalue weighted by atomic mass is 35.5. The van der Waals surface area contributed by atoms with E-state index in [0.717, 1.165) is 5.02 Å². The molecule has 1 unspecified atom stereocenters. The number of hydrogen-bond donors (Lipinski definition) is 1. The Morgan fingerprint density at radius 1 is 1.06 bits per heavy atom. The predicted octanol–water partition coefficient (Wildman–Crippen LogP) is 4.37. The standard InChI is InChI=1S/C15H16ClNS/c1-17-15(12-4-3-5-13(16)10-12)11-6-8-14(18-2)9-7-11/h3-10,15,17H,1-2H3. The molecule has 0 saturated carbocycles.